The van der Waals surface area contributed by atoms with Crippen LogP contribution < -0.4 is 0 Å². The molecule has 0 atom stereocenters. The SMILES string of the molecule is CN(Cc1nc(-c2ccccc2Cl)no1)S(=O)(=O)Cc1cccc(Br)c1. The molecule has 0 spiro atoms. The molecule has 0 bridgehead atoms. The highest BCUT2D eigenvalue weighted by Gasteiger charge is 2.22. The van der Waals surface area contributed by atoms with Crippen molar-refractivity contribution >= 4 is 37.6 Å². The second-order valence-corrected chi connectivity index (χ2v) is 9.03. The molecule has 3 rings (SSSR count). The average Bonchev–Trinajstić information content (AvgIpc) is 3.03. The van der Waals surface area contributed by atoms with E-state index in [9.17, 15) is 8.42 Å². The van der Waals surface area contributed by atoms with Gasteiger partial charge in [-0.3, -0.25) is 0 Å². The van der Waals surface area contributed by atoms with E-state index in [1.165, 1.54) is 11.4 Å². The molecule has 3 aromatic rings. The van der Waals surface area contributed by atoms with Crippen molar-refractivity contribution in [1.29, 1.82) is 0 Å². The molecule has 0 aliphatic heterocycles. The lowest BCUT2D eigenvalue weighted by Gasteiger charge is -2.15. The van der Waals surface area contributed by atoms with Gasteiger partial charge in [-0.25, -0.2) is 8.42 Å². The molecule has 0 aliphatic rings. The van der Waals surface area contributed by atoms with Gasteiger partial charge in [0.15, 0.2) is 0 Å². The number of nitrogens with zero attached hydrogens (tertiary/aromatic N) is 3. The minimum Gasteiger partial charge on any atom is -0.338 e. The Kier molecular flexibility index (Phi) is 5.76. The van der Waals surface area contributed by atoms with Gasteiger partial charge in [-0.1, -0.05) is 57.0 Å². The molecule has 1 aromatic heterocycles. The zero-order chi connectivity index (χ0) is 18.7. The lowest BCUT2D eigenvalue weighted by atomic mass is 10.2. The van der Waals surface area contributed by atoms with Crippen LogP contribution in [0.5, 0.6) is 0 Å². The Morgan fingerprint density at radius 2 is 1.96 bits per heavy atom. The maximum Gasteiger partial charge on any atom is 0.242 e. The lowest BCUT2D eigenvalue weighted by Crippen LogP contribution is -2.27. The molecule has 2 aromatic carbocycles. The molecule has 0 saturated carbocycles. The van der Waals surface area contributed by atoms with Gasteiger partial charge in [-0.2, -0.15) is 9.29 Å². The molecule has 0 aliphatic carbocycles. The van der Waals surface area contributed by atoms with E-state index in [2.05, 4.69) is 26.1 Å². The van der Waals surface area contributed by atoms with Crippen LogP contribution in [0.3, 0.4) is 0 Å². The van der Waals surface area contributed by atoms with Crippen molar-refractivity contribution in [2.24, 2.45) is 0 Å². The smallest absolute Gasteiger partial charge is 0.242 e. The van der Waals surface area contributed by atoms with Crippen LogP contribution in [0.4, 0.5) is 0 Å². The van der Waals surface area contributed by atoms with Crippen LogP contribution >= 0.6 is 27.5 Å². The summed E-state index contributed by atoms with van der Waals surface area (Å²) in [5, 5.41) is 4.38. The predicted molar refractivity (Wildman–Crippen MR) is 103 cm³/mol. The summed E-state index contributed by atoms with van der Waals surface area (Å²) in [5.74, 6) is 0.401. The summed E-state index contributed by atoms with van der Waals surface area (Å²) in [5.41, 5.74) is 1.32. The quantitative estimate of drug-likeness (QED) is 0.558. The highest BCUT2D eigenvalue weighted by Crippen LogP contribution is 2.25. The van der Waals surface area contributed by atoms with Gasteiger partial charge in [0.2, 0.25) is 21.7 Å². The van der Waals surface area contributed by atoms with Crippen LogP contribution in [0, 0.1) is 0 Å². The molecule has 9 heteroatoms. The first-order valence-corrected chi connectivity index (χ1v) is 10.4. The van der Waals surface area contributed by atoms with Gasteiger partial charge >= 0.3 is 0 Å². The normalized spacial score (nSPS) is 11.8. The summed E-state index contributed by atoms with van der Waals surface area (Å²) >= 11 is 9.46. The standard InChI is InChI=1S/C17H15BrClN3O3S/c1-22(26(23,24)11-12-5-4-6-13(18)9-12)10-16-20-17(21-25-16)14-7-2-3-8-15(14)19/h2-9H,10-11H2,1H3. The Morgan fingerprint density at radius 3 is 2.69 bits per heavy atom. The largest absolute Gasteiger partial charge is 0.338 e. The third-order valence-corrected chi connectivity index (χ3v) is 6.25. The fourth-order valence-electron chi connectivity index (χ4n) is 2.31. The van der Waals surface area contributed by atoms with Crippen LogP contribution in [-0.4, -0.2) is 29.9 Å². The van der Waals surface area contributed by atoms with Crippen molar-refractivity contribution in [2.75, 3.05) is 7.05 Å². The Morgan fingerprint density at radius 1 is 1.19 bits per heavy atom. The summed E-state index contributed by atoms with van der Waals surface area (Å²) in [6.45, 7) is -0.0201. The van der Waals surface area contributed by atoms with Gasteiger partial charge in [0.1, 0.15) is 0 Å². The number of benzene rings is 2. The van der Waals surface area contributed by atoms with E-state index in [1.54, 1.807) is 36.4 Å². The van der Waals surface area contributed by atoms with Gasteiger partial charge in [-0.05, 0) is 29.8 Å². The molecule has 0 fully saturated rings. The van der Waals surface area contributed by atoms with Crippen LogP contribution in [0.1, 0.15) is 11.5 Å². The highest BCUT2D eigenvalue weighted by molar-refractivity contribution is 9.10. The number of halogens is 2. The van der Waals surface area contributed by atoms with E-state index in [0.29, 0.717) is 22.0 Å². The second-order valence-electron chi connectivity index (χ2n) is 5.63. The van der Waals surface area contributed by atoms with Crippen molar-refractivity contribution in [2.45, 2.75) is 12.3 Å². The van der Waals surface area contributed by atoms with Gasteiger partial charge in [0.25, 0.3) is 0 Å². The molecule has 0 N–H and O–H groups in total. The topological polar surface area (TPSA) is 76.3 Å². The van der Waals surface area contributed by atoms with Crippen molar-refractivity contribution < 1.29 is 12.9 Å². The maximum atomic E-state index is 12.5. The molecule has 6 nitrogen and oxygen atoms in total. The Balaban J connectivity index is 1.73. The molecular formula is C17H15BrClN3O3S. The van der Waals surface area contributed by atoms with Crippen molar-refractivity contribution in [1.82, 2.24) is 14.4 Å². The molecule has 0 amide bonds. The molecule has 0 saturated heterocycles. The molecule has 136 valence electrons. The molecule has 0 radical (unpaired) electrons. The number of sulfonamides is 1. The van der Waals surface area contributed by atoms with E-state index in [1.807, 2.05) is 12.1 Å². The van der Waals surface area contributed by atoms with Crippen LogP contribution in [-0.2, 0) is 22.3 Å². The zero-order valence-corrected chi connectivity index (χ0v) is 16.9. The lowest BCUT2D eigenvalue weighted by molar-refractivity contribution is 0.336. The van der Waals surface area contributed by atoms with Gasteiger partial charge in [0, 0.05) is 17.1 Å². The number of rotatable bonds is 6. The van der Waals surface area contributed by atoms with E-state index in [-0.39, 0.29) is 18.2 Å². The van der Waals surface area contributed by atoms with E-state index < -0.39 is 10.0 Å². The van der Waals surface area contributed by atoms with E-state index in [0.717, 1.165) is 4.47 Å². The minimum atomic E-state index is -3.53. The molecular weight excluding hydrogens is 442 g/mol. The van der Waals surface area contributed by atoms with Crippen LogP contribution in [0.15, 0.2) is 57.5 Å². The summed E-state index contributed by atoms with van der Waals surface area (Å²) in [6, 6.07) is 14.3. The average molecular weight is 457 g/mol. The number of aromatic nitrogens is 2. The fourth-order valence-corrected chi connectivity index (χ4v) is 4.10. The third-order valence-electron chi connectivity index (χ3n) is 3.65. The number of hydrogen-bond acceptors (Lipinski definition) is 5. The first-order valence-electron chi connectivity index (χ1n) is 7.61. The summed E-state index contributed by atoms with van der Waals surface area (Å²) in [7, 11) is -2.05. The third kappa shape index (κ3) is 4.50. The second kappa shape index (κ2) is 7.87. The summed E-state index contributed by atoms with van der Waals surface area (Å²) < 4.78 is 32.3. The summed E-state index contributed by atoms with van der Waals surface area (Å²) in [4.78, 5) is 4.24. The van der Waals surface area contributed by atoms with Crippen molar-refractivity contribution in [3.63, 3.8) is 0 Å². The Hall–Kier alpha value is -1.74. The minimum absolute atomic E-state index is 0.0201. The monoisotopic (exact) mass is 455 g/mol. The first kappa shape index (κ1) is 19.0. The first-order chi connectivity index (χ1) is 12.3. The molecule has 26 heavy (non-hydrogen) atoms. The zero-order valence-electron chi connectivity index (χ0n) is 13.8. The molecule has 0 unspecified atom stereocenters. The van der Waals surface area contributed by atoms with Crippen molar-refractivity contribution in [3.8, 4) is 11.4 Å². The predicted octanol–water partition coefficient (Wildman–Crippen LogP) is 4.11. The van der Waals surface area contributed by atoms with E-state index in [4.69, 9.17) is 16.1 Å². The Bertz CT molecular complexity index is 1020. The van der Waals surface area contributed by atoms with Crippen molar-refractivity contribution in [3.05, 3.63) is 69.5 Å². The Labute approximate surface area is 165 Å². The van der Waals surface area contributed by atoms with E-state index >= 15 is 0 Å². The van der Waals surface area contributed by atoms with Gasteiger partial charge in [-0.15, -0.1) is 0 Å². The fraction of sp³-hybridized carbons (Fsp3) is 0.176. The van der Waals surface area contributed by atoms with Gasteiger partial charge < -0.3 is 4.52 Å². The maximum absolute atomic E-state index is 12.5. The van der Waals surface area contributed by atoms with Gasteiger partial charge in [0.05, 0.1) is 17.3 Å². The number of hydrogen-bond donors (Lipinski definition) is 0. The highest BCUT2D eigenvalue weighted by atomic mass is 79.9. The molecule has 1 heterocycles. The van der Waals surface area contributed by atoms with Crippen LogP contribution in [0.25, 0.3) is 11.4 Å². The summed E-state index contributed by atoms with van der Waals surface area (Å²) in [6.07, 6.45) is 0. The van der Waals surface area contributed by atoms with Crippen LogP contribution in [0.2, 0.25) is 5.02 Å².